The zero-order valence-electron chi connectivity index (χ0n) is 14.1. The Balaban J connectivity index is 1.80. The molecule has 2 aromatic rings. The molecule has 7 nitrogen and oxygen atoms in total. The van der Waals surface area contributed by atoms with Crippen LogP contribution < -0.4 is 4.74 Å². The first kappa shape index (κ1) is 18.2. The van der Waals surface area contributed by atoms with E-state index in [1.165, 1.54) is 12.1 Å². The van der Waals surface area contributed by atoms with Gasteiger partial charge in [0, 0.05) is 25.6 Å². The number of aromatic amines is 1. The lowest BCUT2D eigenvalue weighted by Crippen LogP contribution is -2.32. The molecule has 1 aliphatic heterocycles. The van der Waals surface area contributed by atoms with Crippen molar-refractivity contribution in [2.24, 2.45) is 0 Å². The quantitative estimate of drug-likeness (QED) is 0.895. The van der Waals surface area contributed by atoms with Gasteiger partial charge in [0.05, 0.1) is 12.1 Å². The number of carbonyl (C=O) groups excluding carboxylic acids is 1. The van der Waals surface area contributed by atoms with E-state index < -0.39 is 6.36 Å². The topological polar surface area (TPSA) is 80.3 Å². The highest BCUT2D eigenvalue weighted by Gasteiger charge is 2.39. The number of hydrogen-bond donors (Lipinski definition) is 1. The summed E-state index contributed by atoms with van der Waals surface area (Å²) >= 11 is 0. The van der Waals surface area contributed by atoms with Crippen LogP contribution in [0.1, 0.15) is 34.5 Å². The highest BCUT2D eigenvalue weighted by molar-refractivity contribution is 5.94. The van der Waals surface area contributed by atoms with Gasteiger partial charge in [-0.2, -0.15) is 5.10 Å². The first-order valence-electron chi connectivity index (χ1n) is 7.85. The Morgan fingerprint density at radius 3 is 2.54 bits per heavy atom. The second-order valence-electron chi connectivity index (χ2n) is 5.92. The summed E-state index contributed by atoms with van der Waals surface area (Å²) < 4.78 is 45.9. The number of rotatable bonds is 4. The van der Waals surface area contributed by atoms with Crippen LogP contribution in [0.3, 0.4) is 0 Å². The largest absolute Gasteiger partial charge is 0.573 e. The fraction of sp³-hybridized carbons (Fsp3) is 0.438. The number of H-pyrrole nitrogens is 1. The maximum absolute atomic E-state index is 12.8. The first-order chi connectivity index (χ1) is 12.3. The molecule has 1 saturated heterocycles. The van der Waals surface area contributed by atoms with E-state index in [0.717, 1.165) is 12.1 Å². The summed E-state index contributed by atoms with van der Waals surface area (Å²) in [6.45, 7) is 2.10. The van der Waals surface area contributed by atoms with E-state index in [2.05, 4.69) is 19.9 Å². The van der Waals surface area contributed by atoms with E-state index >= 15 is 0 Å². The second kappa shape index (κ2) is 6.94. The van der Waals surface area contributed by atoms with Gasteiger partial charge in [0.2, 0.25) is 0 Å². The average molecular weight is 370 g/mol. The molecule has 1 amide bonds. The molecule has 1 aliphatic rings. The zero-order chi connectivity index (χ0) is 18.9. The van der Waals surface area contributed by atoms with Crippen LogP contribution in [-0.4, -0.2) is 52.1 Å². The van der Waals surface area contributed by atoms with Gasteiger partial charge in [-0.3, -0.25) is 9.89 Å². The summed E-state index contributed by atoms with van der Waals surface area (Å²) in [7, 11) is 1.56. The molecular formula is C16H17F3N4O3. The van der Waals surface area contributed by atoms with Gasteiger partial charge in [-0.15, -0.1) is 13.2 Å². The number of aryl methyl sites for hydroxylation is 1. The predicted molar refractivity (Wildman–Crippen MR) is 83.4 cm³/mol. The number of alkyl halides is 3. The third-order valence-electron chi connectivity index (χ3n) is 4.10. The van der Waals surface area contributed by atoms with E-state index in [9.17, 15) is 18.0 Å². The molecule has 0 saturated carbocycles. The highest BCUT2D eigenvalue weighted by atomic mass is 19.4. The molecule has 2 heterocycles. The number of benzene rings is 1. The van der Waals surface area contributed by atoms with Crippen LogP contribution in [0.25, 0.3) is 0 Å². The molecule has 1 N–H and O–H groups in total. The van der Waals surface area contributed by atoms with Crippen LogP contribution in [-0.2, 0) is 4.74 Å². The van der Waals surface area contributed by atoms with E-state index in [4.69, 9.17) is 4.74 Å². The Labute approximate surface area is 147 Å². The Morgan fingerprint density at radius 1 is 1.31 bits per heavy atom. The molecule has 0 spiro atoms. The monoisotopic (exact) mass is 370 g/mol. The van der Waals surface area contributed by atoms with Crippen molar-refractivity contribution < 1.29 is 27.4 Å². The Hall–Kier alpha value is -2.62. The number of amides is 1. The smallest absolute Gasteiger partial charge is 0.406 e. The van der Waals surface area contributed by atoms with Crippen molar-refractivity contribution in [3.63, 3.8) is 0 Å². The molecule has 10 heteroatoms. The van der Waals surface area contributed by atoms with Crippen LogP contribution in [0, 0.1) is 6.92 Å². The summed E-state index contributed by atoms with van der Waals surface area (Å²) in [5, 5.41) is 6.86. The number of methoxy groups -OCH3 is 1. The van der Waals surface area contributed by atoms with Crippen molar-refractivity contribution in [1.29, 1.82) is 0 Å². The number of likely N-dealkylation sites (tertiary alicyclic amines) is 1. The Morgan fingerprint density at radius 2 is 2.00 bits per heavy atom. The lowest BCUT2D eigenvalue weighted by atomic mass is 10.1. The normalized spacial score (nSPS) is 20.4. The summed E-state index contributed by atoms with van der Waals surface area (Å²) in [6.07, 6.45) is -4.41. The molecule has 2 atom stereocenters. The maximum Gasteiger partial charge on any atom is 0.573 e. The van der Waals surface area contributed by atoms with Gasteiger partial charge in [0.25, 0.3) is 5.91 Å². The van der Waals surface area contributed by atoms with Crippen molar-refractivity contribution in [3.8, 4) is 5.75 Å². The van der Waals surface area contributed by atoms with Crippen LogP contribution in [0.4, 0.5) is 13.2 Å². The van der Waals surface area contributed by atoms with Crippen LogP contribution >= 0.6 is 0 Å². The molecule has 0 aliphatic carbocycles. The Bertz CT molecular complexity index is 776. The fourth-order valence-corrected chi connectivity index (χ4v) is 2.91. The molecule has 0 radical (unpaired) electrons. The number of aromatic nitrogens is 3. The van der Waals surface area contributed by atoms with Gasteiger partial charge in [-0.25, -0.2) is 4.98 Å². The van der Waals surface area contributed by atoms with Gasteiger partial charge in [0.15, 0.2) is 5.82 Å². The lowest BCUT2D eigenvalue weighted by molar-refractivity contribution is -0.274. The summed E-state index contributed by atoms with van der Waals surface area (Å²) in [5.74, 6) is 0.385. The molecule has 0 unspecified atom stereocenters. The number of nitrogens with one attached hydrogen (secondary N) is 1. The first-order valence-corrected chi connectivity index (χ1v) is 7.85. The highest BCUT2D eigenvalue weighted by Crippen LogP contribution is 2.33. The van der Waals surface area contributed by atoms with Crippen LogP contribution in [0.2, 0.25) is 0 Å². The van der Waals surface area contributed by atoms with Gasteiger partial charge in [-0.1, -0.05) is 0 Å². The predicted octanol–water partition coefficient (Wildman–Crippen LogP) is 2.61. The summed E-state index contributed by atoms with van der Waals surface area (Å²) in [6, 6.07) is 4.43. The van der Waals surface area contributed by atoms with Crippen LogP contribution in [0.15, 0.2) is 24.3 Å². The number of carbonyl (C=O) groups is 1. The molecule has 3 rings (SSSR count). The standard InChI is InChI=1S/C16H17F3N4O3/c1-9-20-14(22-21-9)13-7-12(25-2)8-23(13)15(24)10-3-5-11(6-4-10)26-16(17,18)19/h3-6,12-13H,7-8H2,1-2H3,(H,20,21,22)/t12-,13-/m0/s1. The van der Waals surface area contributed by atoms with Crippen molar-refractivity contribution in [1.82, 2.24) is 20.1 Å². The molecule has 26 heavy (non-hydrogen) atoms. The van der Waals surface area contributed by atoms with Gasteiger partial charge < -0.3 is 14.4 Å². The van der Waals surface area contributed by atoms with Crippen LogP contribution in [0.5, 0.6) is 5.75 Å². The second-order valence-corrected chi connectivity index (χ2v) is 5.92. The molecule has 1 aromatic carbocycles. The Kier molecular flexibility index (Phi) is 4.86. The van der Waals surface area contributed by atoms with Gasteiger partial charge >= 0.3 is 6.36 Å². The lowest BCUT2D eigenvalue weighted by Gasteiger charge is -2.22. The molecule has 140 valence electrons. The third-order valence-corrected chi connectivity index (χ3v) is 4.10. The van der Waals surface area contributed by atoms with E-state index in [1.807, 2.05) is 0 Å². The molecule has 1 aromatic heterocycles. The number of ether oxygens (including phenoxy) is 2. The maximum atomic E-state index is 12.8. The summed E-state index contributed by atoms with van der Waals surface area (Å²) in [5.41, 5.74) is 0.244. The fourth-order valence-electron chi connectivity index (χ4n) is 2.91. The van der Waals surface area contributed by atoms with E-state index in [1.54, 1.807) is 18.9 Å². The number of nitrogens with zero attached hydrogens (tertiary/aromatic N) is 3. The minimum Gasteiger partial charge on any atom is -0.406 e. The van der Waals surface area contributed by atoms with E-state index in [-0.39, 0.29) is 29.4 Å². The van der Waals surface area contributed by atoms with Gasteiger partial charge in [-0.05, 0) is 31.2 Å². The zero-order valence-corrected chi connectivity index (χ0v) is 14.1. The summed E-state index contributed by atoms with van der Waals surface area (Å²) in [4.78, 5) is 18.7. The van der Waals surface area contributed by atoms with Gasteiger partial charge in [0.1, 0.15) is 11.6 Å². The third kappa shape index (κ3) is 3.96. The van der Waals surface area contributed by atoms with Crippen molar-refractivity contribution >= 4 is 5.91 Å². The molecule has 0 bridgehead atoms. The number of hydrogen-bond acceptors (Lipinski definition) is 5. The van der Waals surface area contributed by atoms with E-state index in [0.29, 0.717) is 24.6 Å². The number of halogens is 3. The van der Waals surface area contributed by atoms with Crippen molar-refractivity contribution in [3.05, 3.63) is 41.5 Å². The average Bonchev–Trinajstić information content (AvgIpc) is 3.19. The molecule has 1 fully saturated rings. The van der Waals surface area contributed by atoms with Crippen molar-refractivity contribution in [2.45, 2.75) is 31.9 Å². The van der Waals surface area contributed by atoms with Crippen molar-refractivity contribution in [2.75, 3.05) is 13.7 Å². The minimum atomic E-state index is -4.78. The SMILES string of the molecule is CO[C@H]1C[C@@H](c2n[nH]c(C)n2)N(C(=O)c2ccc(OC(F)(F)F)cc2)C1. The molecular weight excluding hydrogens is 353 g/mol. The minimum absolute atomic E-state index is 0.171.